The van der Waals surface area contributed by atoms with Gasteiger partial charge in [-0.2, -0.15) is 0 Å². The molecule has 0 saturated carbocycles. The third kappa shape index (κ3) is 3.82. The summed E-state index contributed by atoms with van der Waals surface area (Å²) in [5.41, 5.74) is 1.12. The highest BCUT2D eigenvalue weighted by Gasteiger charge is 2.25. The summed E-state index contributed by atoms with van der Waals surface area (Å²) in [6.07, 6.45) is 0. The topological polar surface area (TPSA) is 63.9 Å². The lowest BCUT2D eigenvalue weighted by atomic mass is 10.1. The van der Waals surface area contributed by atoms with Gasteiger partial charge in [-0.1, -0.05) is 36.4 Å². The molecule has 8 heteroatoms. The van der Waals surface area contributed by atoms with Gasteiger partial charge >= 0.3 is 5.97 Å². The zero-order valence-electron chi connectivity index (χ0n) is 17.6. The first-order valence-corrected chi connectivity index (χ1v) is 10.2. The zero-order valence-corrected chi connectivity index (χ0v) is 19.2. The van der Waals surface area contributed by atoms with Gasteiger partial charge in [-0.3, -0.25) is 9.36 Å². The quantitative estimate of drug-likeness (QED) is 0.247. The van der Waals surface area contributed by atoms with E-state index in [1.807, 2.05) is 74.4 Å². The number of benzene rings is 2. The Hall–Kier alpha value is -3.16. The lowest BCUT2D eigenvalue weighted by Crippen LogP contribution is -2.18. The average molecular weight is 456 g/mol. The Morgan fingerprint density at radius 1 is 1.03 bits per heavy atom. The van der Waals surface area contributed by atoms with Crippen LogP contribution in [-0.2, 0) is 4.74 Å². The van der Waals surface area contributed by atoms with E-state index in [9.17, 15) is 9.59 Å². The summed E-state index contributed by atoms with van der Waals surface area (Å²) < 4.78 is 6.69. The minimum absolute atomic E-state index is 0. The van der Waals surface area contributed by atoms with Gasteiger partial charge in [0.15, 0.2) is 0 Å². The number of amidine groups is 1. The summed E-state index contributed by atoms with van der Waals surface area (Å²) >= 11 is 1.22. The highest BCUT2D eigenvalue weighted by Crippen LogP contribution is 2.42. The fourth-order valence-electron chi connectivity index (χ4n) is 3.32. The number of carbonyl (C=O) groups is 1. The number of carbonyl (C=O) groups excluding carboxylic acids is 1. The maximum absolute atomic E-state index is 13.4. The number of nitrogens with zero attached hydrogens (tertiary/aromatic N) is 3. The smallest absolute Gasteiger partial charge is 0.350 e. The van der Waals surface area contributed by atoms with E-state index in [1.54, 1.807) is 10.6 Å². The van der Waals surface area contributed by atoms with Gasteiger partial charge < -0.3 is 9.64 Å². The minimum Gasteiger partial charge on any atom is -0.465 e. The predicted molar refractivity (Wildman–Crippen MR) is 130 cm³/mol. The van der Waals surface area contributed by atoms with Gasteiger partial charge in [-0.05, 0) is 30.5 Å². The first-order valence-electron chi connectivity index (χ1n) is 9.40. The summed E-state index contributed by atoms with van der Waals surface area (Å²) in [6, 6.07) is 16.8. The van der Waals surface area contributed by atoms with Gasteiger partial charge in [-0.15, -0.1) is 23.7 Å². The van der Waals surface area contributed by atoms with Crippen molar-refractivity contribution in [1.29, 1.82) is 0 Å². The van der Waals surface area contributed by atoms with E-state index >= 15 is 0 Å². The number of aromatic nitrogens is 1. The van der Waals surface area contributed by atoms with Crippen LogP contribution in [0.1, 0.15) is 16.6 Å². The number of hydrogen-bond acceptors (Lipinski definition) is 5. The van der Waals surface area contributed by atoms with Gasteiger partial charge in [0.25, 0.3) is 5.56 Å². The number of rotatable bonds is 3. The largest absolute Gasteiger partial charge is 0.465 e. The molecule has 4 aromatic rings. The van der Waals surface area contributed by atoms with E-state index < -0.39 is 5.97 Å². The van der Waals surface area contributed by atoms with Crippen molar-refractivity contribution in [2.45, 2.75) is 6.92 Å². The third-order valence-corrected chi connectivity index (χ3v) is 6.15. The van der Waals surface area contributed by atoms with Gasteiger partial charge in [0.05, 0.1) is 12.8 Å². The van der Waals surface area contributed by atoms with Gasteiger partial charge in [0, 0.05) is 24.9 Å². The molecule has 0 aliphatic heterocycles. The van der Waals surface area contributed by atoms with E-state index in [2.05, 4.69) is 0 Å². The minimum atomic E-state index is -0.474. The van der Waals surface area contributed by atoms with E-state index in [0.717, 1.165) is 22.3 Å². The molecule has 0 radical (unpaired) electrons. The van der Waals surface area contributed by atoms with Crippen molar-refractivity contribution in [1.82, 2.24) is 9.47 Å². The molecule has 0 N–H and O–H groups in total. The van der Waals surface area contributed by atoms with Crippen LogP contribution >= 0.6 is 23.7 Å². The number of aliphatic imine (C=N–C) groups is 1. The highest BCUT2D eigenvalue weighted by molar-refractivity contribution is 7.21. The van der Waals surface area contributed by atoms with Crippen LogP contribution in [0.4, 0.5) is 5.69 Å². The molecule has 0 aliphatic rings. The molecule has 2 aromatic carbocycles. The maximum atomic E-state index is 13.4. The fraction of sp³-hybridized carbons (Fsp3) is 0.174. The molecular formula is C23H22ClN3O3S. The first-order chi connectivity index (χ1) is 14.4. The lowest BCUT2D eigenvalue weighted by molar-refractivity contribution is 0.0607. The van der Waals surface area contributed by atoms with Crippen LogP contribution < -0.4 is 5.56 Å². The second kappa shape index (κ2) is 8.91. The van der Waals surface area contributed by atoms with Crippen LogP contribution in [-0.4, -0.2) is 42.5 Å². The van der Waals surface area contributed by atoms with Crippen LogP contribution in [0.5, 0.6) is 0 Å². The number of fused-ring (bicyclic) bond motifs is 3. The Balaban J connectivity index is 0.00000272. The molecule has 2 aromatic heterocycles. The Bertz CT molecular complexity index is 1360. The normalized spacial score (nSPS) is 11.4. The molecule has 0 bridgehead atoms. The number of hydrogen-bond donors (Lipinski definition) is 0. The monoisotopic (exact) mass is 455 g/mol. The van der Waals surface area contributed by atoms with Crippen LogP contribution in [0.3, 0.4) is 0 Å². The standard InChI is InChI=1S/C23H21N3O3S.ClH/c1-14(25(2)3)24-19-18-16-12-8-9-13-17(16)21(27)26(15-10-6-5-7-11-15)22(18)30-20(19)23(28)29-4;/h5-13H,1-4H3;1H. The molecule has 4 rings (SSSR count). The number of thiophene rings is 1. The molecule has 0 spiro atoms. The molecule has 0 atom stereocenters. The molecule has 0 saturated heterocycles. The lowest BCUT2D eigenvalue weighted by Gasteiger charge is -2.12. The van der Waals surface area contributed by atoms with Gasteiger partial charge in [0.1, 0.15) is 21.2 Å². The second-order valence-corrected chi connectivity index (χ2v) is 8.03. The van der Waals surface area contributed by atoms with E-state index in [1.165, 1.54) is 18.4 Å². The zero-order chi connectivity index (χ0) is 21.4. The van der Waals surface area contributed by atoms with Crippen molar-refractivity contribution in [2.75, 3.05) is 21.2 Å². The molecule has 160 valence electrons. The van der Waals surface area contributed by atoms with Crippen LogP contribution in [0.25, 0.3) is 26.7 Å². The SMILES string of the molecule is COC(=O)c1sc2c(c1N=C(C)N(C)C)c1ccccc1c(=O)n2-c1ccccc1.Cl. The van der Waals surface area contributed by atoms with Crippen molar-refractivity contribution in [3.05, 3.63) is 69.8 Å². The van der Waals surface area contributed by atoms with E-state index in [0.29, 0.717) is 20.8 Å². The van der Waals surface area contributed by atoms with Crippen LogP contribution in [0.2, 0.25) is 0 Å². The van der Waals surface area contributed by atoms with E-state index in [-0.39, 0.29) is 18.0 Å². The second-order valence-electron chi connectivity index (χ2n) is 7.03. The molecule has 6 nitrogen and oxygen atoms in total. The summed E-state index contributed by atoms with van der Waals surface area (Å²) in [7, 11) is 5.13. The van der Waals surface area contributed by atoms with Crippen molar-refractivity contribution >= 4 is 62.2 Å². The van der Waals surface area contributed by atoms with Crippen molar-refractivity contribution in [3.8, 4) is 5.69 Å². The summed E-state index contributed by atoms with van der Waals surface area (Å²) in [6.45, 7) is 1.87. The molecule has 2 heterocycles. The number of esters is 1. The third-order valence-electron chi connectivity index (χ3n) is 5.00. The first kappa shape index (κ1) is 22.5. The molecule has 0 amide bonds. The fourth-order valence-corrected chi connectivity index (χ4v) is 4.52. The predicted octanol–water partition coefficient (Wildman–Crippen LogP) is 5.03. The van der Waals surface area contributed by atoms with Gasteiger partial charge in [0.2, 0.25) is 0 Å². The number of para-hydroxylation sites is 1. The van der Waals surface area contributed by atoms with E-state index in [4.69, 9.17) is 9.73 Å². The number of ether oxygens (including phenoxy) is 1. The van der Waals surface area contributed by atoms with Crippen molar-refractivity contribution in [2.24, 2.45) is 4.99 Å². The number of methoxy groups -OCH3 is 1. The molecule has 0 unspecified atom stereocenters. The average Bonchev–Trinajstić information content (AvgIpc) is 3.13. The Morgan fingerprint density at radius 3 is 2.26 bits per heavy atom. The number of halogens is 1. The molecule has 0 aliphatic carbocycles. The molecule has 31 heavy (non-hydrogen) atoms. The summed E-state index contributed by atoms with van der Waals surface area (Å²) in [5.74, 6) is 0.263. The van der Waals surface area contributed by atoms with Crippen molar-refractivity contribution in [3.63, 3.8) is 0 Å². The Kier molecular flexibility index (Phi) is 6.48. The van der Waals surface area contributed by atoms with Crippen LogP contribution in [0.15, 0.2) is 64.4 Å². The number of pyridine rings is 1. The summed E-state index contributed by atoms with van der Waals surface area (Å²) in [4.78, 5) is 33.8. The van der Waals surface area contributed by atoms with Crippen LogP contribution in [0, 0.1) is 0 Å². The Labute approximate surface area is 189 Å². The summed E-state index contributed by atoms with van der Waals surface area (Å²) in [5, 5.41) is 2.10. The Morgan fingerprint density at radius 2 is 1.65 bits per heavy atom. The highest BCUT2D eigenvalue weighted by atomic mass is 35.5. The van der Waals surface area contributed by atoms with Crippen molar-refractivity contribution < 1.29 is 9.53 Å². The molecule has 0 fully saturated rings. The van der Waals surface area contributed by atoms with Gasteiger partial charge in [-0.25, -0.2) is 9.79 Å². The maximum Gasteiger partial charge on any atom is 0.350 e. The molecular weight excluding hydrogens is 434 g/mol.